The van der Waals surface area contributed by atoms with Gasteiger partial charge >= 0.3 is 0 Å². The Bertz CT molecular complexity index is 1480. The number of halogens is 1. The molecule has 3 aromatic heterocycles. The van der Waals surface area contributed by atoms with Crippen molar-refractivity contribution < 1.29 is 14.3 Å². The Labute approximate surface area is 222 Å². The smallest absolute Gasteiger partial charge is 0.244 e. The molecule has 0 fully saturated rings. The van der Waals surface area contributed by atoms with Crippen molar-refractivity contribution in [3.05, 3.63) is 80.4 Å². The van der Waals surface area contributed by atoms with Crippen LogP contribution in [0.15, 0.2) is 48.0 Å². The van der Waals surface area contributed by atoms with Crippen molar-refractivity contribution >= 4 is 52.0 Å². The van der Waals surface area contributed by atoms with Gasteiger partial charge in [-0.25, -0.2) is 4.98 Å². The number of ketones is 1. The van der Waals surface area contributed by atoms with Crippen molar-refractivity contribution in [2.24, 2.45) is 0 Å². The summed E-state index contributed by atoms with van der Waals surface area (Å²) < 4.78 is 8.12. The molecule has 1 unspecified atom stereocenters. The van der Waals surface area contributed by atoms with Gasteiger partial charge < -0.3 is 10.1 Å². The Morgan fingerprint density at radius 1 is 1.28 bits per heavy atom. The van der Waals surface area contributed by atoms with E-state index in [9.17, 15) is 9.59 Å². The first-order valence-electron chi connectivity index (χ1n) is 11.4. The molecular weight excluding hydrogens is 514 g/mol. The number of thiazole rings is 1. The molecule has 9 heteroatoms. The van der Waals surface area contributed by atoms with Crippen LogP contribution in [-0.2, 0) is 11.2 Å². The minimum atomic E-state index is -0.198. The van der Waals surface area contributed by atoms with E-state index in [0.29, 0.717) is 23.7 Å². The molecule has 1 aromatic carbocycles. The minimum Gasteiger partial charge on any atom is -0.486 e. The molecule has 1 N–H and O–H groups in total. The molecule has 1 aliphatic heterocycles. The third-order valence-corrected chi connectivity index (χ3v) is 8.36. The van der Waals surface area contributed by atoms with Crippen LogP contribution < -0.4 is 10.1 Å². The fraction of sp³-hybridized carbons (Fsp3) is 0.222. The SMILES string of the molecule is CC(=O)c1ccc(-c2cc(Cl)c3c(c2)CC(CNC(=O)C=Cc2cc(C)n(-c4nccs4)c2C)O3)s1. The maximum Gasteiger partial charge on any atom is 0.244 e. The lowest BCUT2D eigenvalue weighted by Crippen LogP contribution is -2.33. The van der Waals surface area contributed by atoms with Gasteiger partial charge in [0.1, 0.15) is 11.9 Å². The topological polar surface area (TPSA) is 73.2 Å². The number of benzene rings is 1. The summed E-state index contributed by atoms with van der Waals surface area (Å²) in [5.41, 5.74) is 5.04. The van der Waals surface area contributed by atoms with Crippen LogP contribution in [0, 0.1) is 13.8 Å². The molecule has 1 aliphatic rings. The zero-order chi connectivity index (χ0) is 25.4. The molecule has 5 rings (SSSR count). The highest BCUT2D eigenvalue weighted by Crippen LogP contribution is 2.41. The number of Topliss-reactive ketones (excluding diaryl/α,β-unsaturated/α-hetero) is 1. The van der Waals surface area contributed by atoms with Crippen LogP contribution in [0.1, 0.15) is 39.1 Å². The van der Waals surface area contributed by atoms with E-state index in [-0.39, 0.29) is 17.8 Å². The molecular formula is C27H24ClN3O3S2. The number of rotatable bonds is 7. The first-order valence-corrected chi connectivity index (χ1v) is 13.5. The van der Waals surface area contributed by atoms with E-state index >= 15 is 0 Å². The summed E-state index contributed by atoms with van der Waals surface area (Å²) in [6.45, 7) is 5.98. The second-order valence-electron chi connectivity index (χ2n) is 8.67. The standard InChI is InChI=1S/C27H24ClN3O3S2/c1-15-10-18(16(2)31(15)27-29-8-9-35-27)4-7-25(33)30-14-21-12-20-11-19(13-22(28)26(20)34-21)24-6-5-23(36-24)17(3)32/h4-11,13,21H,12,14H2,1-3H3,(H,30,33). The fourth-order valence-corrected chi connectivity index (χ4v) is 6.27. The number of thiophene rings is 1. The molecule has 0 saturated heterocycles. The number of nitrogens with zero attached hydrogens (tertiary/aromatic N) is 2. The number of hydrogen-bond donors (Lipinski definition) is 1. The van der Waals surface area contributed by atoms with Gasteiger partial charge in [-0.2, -0.15) is 0 Å². The monoisotopic (exact) mass is 537 g/mol. The average molecular weight is 538 g/mol. The molecule has 0 aliphatic carbocycles. The number of aryl methyl sites for hydroxylation is 1. The predicted molar refractivity (Wildman–Crippen MR) is 146 cm³/mol. The lowest BCUT2D eigenvalue weighted by Gasteiger charge is -2.11. The number of carbonyl (C=O) groups excluding carboxylic acids is 2. The second kappa shape index (κ2) is 10.0. The summed E-state index contributed by atoms with van der Waals surface area (Å²) in [7, 11) is 0. The van der Waals surface area contributed by atoms with Crippen molar-refractivity contribution in [1.82, 2.24) is 14.9 Å². The first-order chi connectivity index (χ1) is 17.3. The van der Waals surface area contributed by atoms with E-state index in [1.807, 2.05) is 49.6 Å². The Balaban J connectivity index is 1.21. The molecule has 0 saturated carbocycles. The number of nitrogens with one attached hydrogen (secondary N) is 1. The molecule has 1 amide bonds. The van der Waals surface area contributed by atoms with Crippen molar-refractivity contribution in [2.75, 3.05) is 6.54 Å². The average Bonchev–Trinajstić information content (AvgIpc) is 3.63. The van der Waals surface area contributed by atoms with Crippen LogP contribution in [0.2, 0.25) is 5.02 Å². The van der Waals surface area contributed by atoms with E-state index in [1.165, 1.54) is 11.3 Å². The molecule has 184 valence electrons. The van der Waals surface area contributed by atoms with Crippen molar-refractivity contribution in [3.63, 3.8) is 0 Å². The van der Waals surface area contributed by atoms with Gasteiger partial charge in [0.05, 0.1) is 16.4 Å². The maximum atomic E-state index is 12.5. The number of fused-ring (bicyclic) bond motifs is 1. The third-order valence-electron chi connectivity index (χ3n) is 6.09. The number of amides is 1. The molecule has 6 nitrogen and oxygen atoms in total. The Kier molecular flexibility index (Phi) is 6.83. The molecule has 4 heterocycles. The normalized spacial score (nSPS) is 14.7. The summed E-state index contributed by atoms with van der Waals surface area (Å²) in [4.78, 5) is 30.3. The highest BCUT2D eigenvalue weighted by atomic mass is 35.5. The quantitative estimate of drug-likeness (QED) is 0.223. The van der Waals surface area contributed by atoms with Crippen LogP contribution >= 0.6 is 34.3 Å². The number of aromatic nitrogens is 2. The van der Waals surface area contributed by atoms with E-state index in [2.05, 4.69) is 20.9 Å². The molecule has 4 aromatic rings. The van der Waals surface area contributed by atoms with E-state index in [4.69, 9.17) is 16.3 Å². The third kappa shape index (κ3) is 4.89. The Hall–Kier alpha value is -3.20. The van der Waals surface area contributed by atoms with Gasteiger partial charge in [-0.1, -0.05) is 11.6 Å². The first kappa shape index (κ1) is 24.5. The summed E-state index contributed by atoms with van der Waals surface area (Å²) in [5.74, 6) is 0.526. The van der Waals surface area contributed by atoms with Gasteiger partial charge in [-0.15, -0.1) is 22.7 Å². The van der Waals surface area contributed by atoms with Gasteiger partial charge in [0, 0.05) is 45.9 Å². The van der Waals surface area contributed by atoms with Crippen LogP contribution in [0.4, 0.5) is 0 Å². The molecule has 36 heavy (non-hydrogen) atoms. The van der Waals surface area contributed by atoms with E-state index in [0.717, 1.165) is 43.0 Å². The zero-order valence-electron chi connectivity index (χ0n) is 20.0. The summed E-state index contributed by atoms with van der Waals surface area (Å²) in [5, 5.41) is 6.32. The largest absolute Gasteiger partial charge is 0.486 e. The number of ether oxygens (including phenoxy) is 1. The zero-order valence-corrected chi connectivity index (χ0v) is 22.4. The highest BCUT2D eigenvalue weighted by molar-refractivity contribution is 7.17. The van der Waals surface area contributed by atoms with Crippen molar-refractivity contribution in [2.45, 2.75) is 33.3 Å². The van der Waals surface area contributed by atoms with Gasteiger partial charge in [-0.3, -0.25) is 14.2 Å². The number of carbonyl (C=O) groups is 2. The van der Waals surface area contributed by atoms with Crippen molar-refractivity contribution in [1.29, 1.82) is 0 Å². The van der Waals surface area contributed by atoms with Crippen LogP contribution in [0.3, 0.4) is 0 Å². The fourth-order valence-electron chi connectivity index (χ4n) is 4.34. The molecule has 0 radical (unpaired) electrons. The Morgan fingerprint density at radius 2 is 2.11 bits per heavy atom. The Morgan fingerprint density at radius 3 is 2.83 bits per heavy atom. The summed E-state index contributed by atoms with van der Waals surface area (Å²) >= 11 is 9.54. The van der Waals surface area contributed by atoms with Crippen LogP contribution in [0.5, 0.6) is 5.75 Å². The minimum absolute atomic E-state index is 0.0501. The van der Waals surface area contributed by atoms with Gasteiger partial charge in [0.25, 0.3) is 0 Å². The van der Waals surface area contributed by atoms with Gasteiger partial charge in [0.15, 0.2) is 10.9 Å². The summed E-state index contributed by atoms with van der Waals surface area (Å²) in [6, 6.07) is 9.74. The van der Waals surface area contributed by atoms with Crippen LogP contribution in [0.25, 0.3) is 21.6 Å². The molecule has 0 bridgehead atoms. The second-order valence-corrected chi connectivity index (χ2v) is 11.0. The molecule has 1 atom stereocenters. The van der Waals surface area contributed by atoms with Gasteiger partial charge in [0.2, 0.25) is 5.91 Å². The molecule has 0 spiro atoms. The predicted octanol–water partition coefficient (Wildman–Crippen LogP) is 6.27. The number of hydrogen-bond acceptors (Lipinski definition) is 6. The van der Waals surface area contributed by atoms with Crippen molar-refractivity contribution in [3.8, 4) is 21.3 Å². The van der Waals surface area contributed by atoms with Gasteiger partial charge in [-0.05, 0) is 68.3 Å². The lowest BCUT2D eigenvalue weighted by molar-refractivity contribution is -0.116. The maximum absolute atomic E-state index is 12.5. The summed E-state index contributed by atoms with van der Waals surface area (Å²) in [6.07, 6.45) is 5.60. The van der Waals surface area contributed by atoms with E-state index in [1.54, 1.807) is 30.5 Å². The van der Waals surface area contributed by atoms with Crippen LogP contribution in [-0.4, -0.2) is 33.9 Å². The lowest BCUT2D eigenvalue weighted by atomic mass is 10.1. The van der Waals surface area contributed by atoms with E-state index < -0.39 is 0 Å². The highest BCUT2D eigenvalue weighted by Gasteiger charge is 2.26.